The maximum atomic E-state index is 12.1. The number of nitrogens with one attached hydrogen (secondary N) is 1. The zero-order valence-corrected chi connectivity index (χ0v) is 16.4. The van der Waals surface area contributed by atoms with Crippen LogP contribution in [0, 0.1) is 6.92 Å². The van der Waals surface area contributed by atoms with Crippen molar-refractivity contribution in [3.63, 3.8) is 0 Å². The summed E-state index contributed by atoms with van der Waals surface area (Å²) in [5.41, 5.74) is 3.36. The van der Waals surface area contributed by atoms with Gasteiger partial charge >= 0.3 is 0 Å². The Kier molecular flexibility index (Phi) is 5.61. The third kappa shape index (κ3) is 4.51. The van der Waals surface area contributed by atoms with E-state index in [-0.39, 0.29) is 11.5 Å². The number of rotatable bonds is 7. The van der Waals surface area contributed by atoms with E-state index < -0.39 is 10.1 Å². The van der Waals surface area contributed by atoms with Gasteiger partial charge in [0.1, 0.15) is 0 Å². The van der Waals surface area contributed by atoms with Crippen LogP contribution in [0.4, 0.5) is 0 Å². The van der Waals surface area contributed by atoms with Gasteiger partial charge in [0.2, 0.25) is 0 Å². The standard InChI is InChI=1S/C19H20BrNO3S/c1-14-5-8-17(9-6-14)25(22,23)24-11-3-2-4-15-13-21-19-10-7-16(20)12-18(15)19/h5-10,12-13,21H,2-4,11H2,1H3. The van der Waals surface area contributed by atoms with Gasteiger partial charge in [0, 0.05) is 21.6 Å². The number of H-pyrrole nitrogens is 1. The largest absolute Gasteiger partial charge is 0.361 e. The number of unbranched alkanes of at least 4 members (excludes halogenated alkanes) is 1. The Morgan fingerprint density at radius 2 is 1.84 bits per heavy atom. The molecule has 0 aliphatic rings. The van der Waals surface area contributed by atoms with Crippen LogP contribution in [0.3, 0.4) is 0 Å². The number of hydrogen-bond donors (Lipinski definition) is 1. The number of aromatic amines is 1. The van der Waals surface area contributed by atoms with Crippen molar-refractivity contribution in [2.75, 3.05) is 6.61 Å². The van der Waals surface area contributed by atoms with Crippen LogP contribution in [0.5, 0.6) is 0 Å². The molecule has 3 rings (SSSR count). The Labute approximate surface area is 156 Å². The second kappa shape index (κ2) is 7.72. The van der Waals surface area contributed by atoms with Crippen LogP contribution in [-0.2, 0) is 20.7 Å². The molecule has 0 fully saturated rings. The molecule has 0 aliphatic heterocycles. The van der Waals surface area contributed by atoms with E-state index in [1.165, 1.54) is 10.9 Å². The Morgan fingerprint density at radius 3 is 2.60 bits per heavy atom. The molecule has 0 radical (unpaired) electrons. The molecule has 25 heavy (non-hydrogen) atoms. The summed E-state index contributed by atoms with van der Waals surface area (Å²) < 4.78 is 30.4. The van der Waals surface area contributed by atoms with Crippen molar-refractivity contribution in [3.8, 4) is 0 Å². The molecule has 1 aromatic heterocycles. The molecule has 0 aliphatic carbocycles. The molecule has 6 heteroatoms. The third-order valence-corrected chi connectivity index (χ3v) is 5.94. The van der Waals surface area contributed by atoms with Crippen LogP contribution in [0.2, 0.25) is 0 Å². The zero-order chi connectivity index (χ0) is 17.9. The first kappa shape index (κ1) is 18.2. The SMILES string of the molecule is Cc1ccc(S(=O)(=O)OCCCCc2c[nH]c3ccc(Br)cc23)cc1. The van der Waals surface area contributed by atoms with Crippen LogP contribution < -0.4 is 0 Å². The van der Waals surface area contributed by atoms with E-state index in [0.717, 1.165) is 28.4 Å². The molecule has 4 nitrogen and oxygen atoms in total. The molecular weight excluding hydrogens is 402 g/mol. The van der Waals surface area contributed by atoms with Crippen LogP contribution in [-0.4, -0.2) is 20.0 Å². The summed E-state index contributed by atoms with van der Waals surface area (Å²) in [6, 6.07) is 12.8. The van der Waals surface area contributed by atoms with Gasteiger partial charge in [-0.25, -0.2) is 0 Å². The second-order valence-electron chi connectivity index (χ2n) is 6.05. The lowest BCUT2D eigenvalue weighted by Gasteiger charge is -2.06. The summed E-state index contributed by atoms with van der Waals surface area (Å²) in [6.07, 6.45) is 4.44. The van der Waals surface area contributed by atoms with Gasteiger partial charge in [0.15, 0.2) is 0 Å². The lowest BCUT2D eigenvalue weighted by molar-refractivity contribution is 0.308. The van der Waals surface area contributed by atoms with Crippen molar-refractivity contribution in [2.24, 2.45) is 0 Å². The molecule has 0 bridgehead atoms. The Balaban J connectivity index is 1.51. The van der Waals surface area contributed by atoms with Gasteiger partial charge in [0.05, 0.1) is 11.5 Å². The Hall–Kier alpha value is -1.63. The summed E-state index contributed by atoms with van der Waals surface area (Å²) >= 11 is 3.49. The average molecular weight is 422 g/mol. The molecule has 132 valence electrons. The molecule has 3 aromatic rings. The maximum Gasteiger partial charge on any atom is 0.296 e. The third-order valence-electron chi connectivity index (χ3n) is 4.12. The highest BCUT2D eigenvalue weighted by Crippen LogP contribution is 2.24. The first-order chi connectivity index (χ1) is 12.0. The Morgan fingerprint density at radius 1 is 1.08 bits per heavy atom. The van der Waals surface area contributed by atoms with Crippen molar-refractivity contribution >= 4 is 37.0 Å². The molecule has 0 atom stereocenters. The van der Waals surface area contributed by atoms with Crippen molar-refractivity contribution in [1.82, 2.24) is 4.98 Å². The molecular formula is C19H20BrNO3S. The summed E-state index contributed by atoms with van der Waals surface area (Å²) in [6.45, 7) is 2.11. The van der Waals surface area contributed by atoms with E-state index >= 15 is 0 Å². The number of hydrogen-bond acceptors (Lipinski definition) is 3. The van der Waals surface area contributed by atoms with Crippen LogP contribution in [0.15, 0.2) is 58.0 Å². The van der Waals surface area contributed by atoms with E-state index in [1.807, 2.05) is 25.3 Å². The molecule has 1 N–H and O–H groups in total. The highest BCUT2D eigenvalue weighted by atomic mass is 79.9. The smallest absolute Gasteiger partial charge is 0.296 e. The van der Waals surface area contributed by atoms with E-state index in [4.69, 9.17) is 4.18 Å². The highest BCUT2D eigenvalue weighted by Gasteiger charge is 2.14. The van der Waals surface area contributed by atoms with Gasteiger partial charge in [-0.05, 0) is 62.1 Å². The first-order valence-electron chi connectivity index (χ1n) is 8.17. The molecule has 0 amide bonds. The van der Waals surface area contributed by atoms with Gasteiger partial charge < -0.3 is 4.98 Å². The lowest BCUT2D eigenvalue weighted by atomic mass is 10.1. The van der Waals surface area contributed by atoms with Gasteiger partial charge in [-0.1, -0.05) is 33.6 Å². The molecule has 0 saturated carbocycles. The molecule has 2 aromatic carbocycles. The highest BCUT2D eigenvalue weighted by molar-refractivity contribution is 9.10. The minimum absolute atomic E-state index is 0.197. The van der Waals surface area contributed by atoms with Crippen molar-refractivity contribution in [2.45, 2.75) is 31.1 Å². The number of benzene rings is 2. The molecule has 0 unspecified atom stereocenters. The fourth-order valence-corrected chi connectivity index (χ4v) is 4.02. The topological polar surface area (TPSA) is 59.2 Å². The number of halogens is 1. The monoisotopic (exact) mass is 421 g/mol. The van der Waals surface area contributed by atoms with Crippen LogP contribution >= 0.6 is 15.9 Å². The predicted molar refractivity (Wildman–Crippen MR) is 103 cm³/mol. The van der Waals surface area contributed by atoms with Crippen molar-refractivity contribution < 1.29 is 12.6 Å². The summed E-state index contributed by atoms with van der Waals surface area (Å²) in [4.78, 5) is 3.47. The van der Waals surface area contributed by atoms with Crippen molar-refractivity contribution in [1.29, 1.82) is 0 Å². The normalized spacial score (nSPS) is 11.9. The minimum Gasteiger partial charge on any atom is -0.361 e. The van der Waals surface area contributed by atoms with Gasteiger partial charge in [-0.15, -0.1) is 0 Å². The van der Waals surface area contributed by atoms with Crippen LogP contribution in [0.1, 0.15) is 24.0 Å². The number of aryl methyl sites for hydroxylation is 2. The van der Waals surface area contributed by atoms with Gasteiger partial charge in [-0.3, -0.25) is 4.18 Å². The predicted octanol–water partition coefficient (Wildman–Crippen LogP) is 4.97. The maximum absolute atomic E-state index is 12.1. The fraction of sp³-hybridized carbons (Fsp3) is 0.263. The fourth-order valence-electron chi connectivity index (χ4n) is 2.72. The number of aromatic nitrogens is 1. The minimum atomic E-state index is -3.66. The van der Waals surface area contributed by atoms with Crippen molar-refractivity contribution in [3.05, 3.63) is 64.3 Å². The van der Waals surface area contributed by atoms with Gasteiger partial charge in [0.25, 0.3) is 10.1 Å². The summed E-state index contributed by atoms with van der Waals surface area (Å²) in [7, 11) is -3.66. The van der Waals surface area contributed by atoms with E-state index in [2.05, 4.69) is 27.0 Å². The molecule has 0 saturated heterocycles. The summed E-state index contributed by atoms with van der Waals surface area (Å²) in [5.74, 6) is 0. The van der Waals surface area contributed by atoms with Crippen LogP contribution in [0.25, 0.3) is 10.9 Å². The quantitative estimate of drug-likeness (QED) is 0.432. The number of fused-ring (bicyclic) bond motifs is 1. The average Bonchev–Trinajstić information content (AvgIpc) is 2.97. The van der Waals surface area contributed by atoms with E-state index in [1.54, 1.807) is 24.3 Å². The molecule has 1 heterocycles. The van der Waals surface area contributed by atoms with E-state index in [9.17, 15) is 8.42 Å². The molecule has 0 spiro atoms. The van der Waals surface area contributed by atoms with E-state index in [0.29, 0.717) is 6.42 Å². The van der Waals surface area contributed by atoms with Gasteiger partial charge in [-0.2, -0.15) is 8.42 Å². The summed E-state index contributed by atoms with van der Waals surface area (Å²) in [5, 5.41) is 1.20. The Bertz CT molecular complexity index is 962. The lowest BCUT2D eigenvalue weighted by Crippen LogP contribution is -2.07. The zero-order valence-electron chi connectivity index (χ0n) is 14.0. The first-order valence-corrected chi connectivity index (χ1v) is 10.4. The second-order valence-corrected chi connectivity index (χ2v) is 8.58.